The third-order valence-electron chi connectivity index (χ3n) is 11.5. The molecule has 1 N–H and O–H groups in total. The number of piperidine rings is 1. The van der Waals surface area contributed by atoms with Crippen LogP contribution in [0.4, 0.5) is 27.7 Å². The lowest BCUT2D eigenvalue weighted by molar-refractivity contribution is -0.126. The molecule has 1 amide bonds. The van der Waals surface area contributed by atoms with Crippen LogP contribution in [0.15, 0.2) is 43.2 Å². The first-order valence-electron chi connectivity index (χ1n) is 18.4. The molecule has 6 heterocycles. The second-order valence-corrected chi connectivity index (χ2v) is 17.6. The molecule has 11 nitrogen and oxygen atoms in total. The van der Waals surface area contributed by atoms with Gasteiger partial charge in [0.25, 0.3) is 0 Å². The smallest absolute Gasteiger partial charge is 0.246 e. The summed E-state index contributed by atoms with van der Waals surface area (Å²) in [5.74, 6) is 1.75. The van der Waals surface area contributed by atoms with Gasteiger partial charge in [-0.15, -0.1) is 0 Å². The van der Waals surface area contributed by atoms with Crippen LogP contribution in [0.5, 0.6) is 0 Å². The van der Waals surface area contributed by atoms with Gasteiger partial charge in [0.2, 0.25) is 11.9 Å². The van der Waals surface area contributed by atoms with E-state index in [1.54, 1.807) is 12.3 Å². The molecular formula is C38H50FN7O4S. The number of hydrogen-bond donors (Lipinski definition) is 1. The fourth-order valence-electron chi connectivity index (χ4n) is 8.78. The number of rotatable bonds is 9. The Kier molecular flexibility index (Phi) is 9.96. The maximum absolute atomic E-state index is 14.7. The van der Waals surface area contributed by atoms with Crippen molar-refractivity contribution in [1.29, 1.82) is 0 Å². The summed E-state index contributed by atoms with van der Waals surface area (Å²) in [6, 6.07) is 5.97. The number of alkyl halides is 1. The van der Waals surface area contributed by atoms with Crippen LogP contribution in [0.1, 0.15) is 82.4 Å². The van der Waals surface area contributed by atoms with E-state index in [-0.39, 0.29) is 40.8 Å². The Morgan fingerprint density at radius 1 is 1.04 bits per heavy atom. The van der Waals surface area contributed by atoms with Gasteiger partial charge in [-0.3, -0.25) is 4.79 Å². The van der Waals surface area contributed by atoms with Crippen molar-refractivity contribution >= 4 is 49.8 Å². The van der Waals surface area contributed by atoms with E-state index in [4.69, 9.17) is 14.7 Å². The van der Waals surface area contributed by atoms with Crippen LogP contribution in [-0.4, -0.2) is 96.8 Å². The normalized spacial score (nSPS) is 26.8. The molecule has 51 heavy (non-hydrogen) atoms. The van der Waals surface area contributed by atoms with Crippen molar-refractivity contribution in [2.45, 2.75) is 94.0 Å². The summed E-state index contributed by atoms with van der Waals surface area (Å²) in [7, 11) is -1.62. The molecule has 1 aromatic carbocycles. The number of pyridine rings is 1. The lowest BCUT2D eigenvalue weighted by atomic mass is 9.85. The zero-order valence-electron chi connectivity index (χ0n) is 30.1. The van der Waals surface area contributed by atoms with E-state index in [1.807, 2.05) is 22.9 Å². The Balaban J connectivity index is 1.25. The molecule has 5 atom stereocenters. The highest BCUT2D eigenvalue weighted by Gasteiger charge is 2.45. The van der Waals surface area contributed by atoms with Crippen LogP contribution < -0.4 is 15.1 Å². The van der Waals surface area contributed by atoms with Gasteiger partial charge in [-0.1, -0.05) is 26.8 Å². The van der Waals surface area contributed by atoms with Crippen molar-refractivity contribution in [1.82, 2.24) is 19.9 Å². The number of sulfone groups is 1. The van der Waals surface area contributed by atoms with Gasteiger partial charge < -0.3 is 24.8 Å². The SMILES string of the molecule is C=CC(=O)N1CCC[C@@H]1c1cc(N2CC([C@H]3CCC[C@@H](C)S3(=O)=O)C2)c2cnc(Nc3ccnc(N4CC[C@@H](OC)[C@@H](F)C4)n3)cc2c1C(C)C. The molecule has 0 saturated carbocycles. The van der Waals surface area contributed by atoms with Gasteiger partial charge in [0.05, 0.1) is 29.2 Å². The number of likely N-dealkylation sites (tertiary alicyclic amines) is 1. The minimum Gasteiger partial charge on any atom is -0.378 e. The highest BCUT2D eigenvalue weighted by atomic mass is 32.2. The summed E-state index contributed by atoms with van der Waals surface area (Å²) in [4.78, 5) is 33.1. The Hall–Kier alpha value is -3.84. The Labute approximate surface area is 300 Å². The van der Waals surface area contributed by atoms with Crippen LogP contribution in [0.2, 0.25) is 0 Å². The molecule has 2 aromatic heterocycles. The first-order valence-corrected chi connectivity index (χ1v) is 20.0. The Morgan fingerprint density at radius 3 is 2.57 bits per heavy atom. The highest BCUT2D eigenvalue weighted by Crippen LogP contribution is 2.46. The van der Waals surface area contributed by atoms with E-state index < -0.39 is 22.1 Å². The summed E-state index contributed by atoms with van der Waals surface area (Å²) in [5, 5.41) is 4.80. The summed E-state index contributed by atoms with van der Waals surface area (Å²) < 4.78 is 46.6. The molecule has 0 radical (unpaired) electrons. The number of methoxy groups -OCH3 is 1. The summed E-state index contributed by atoms with van der Waals surface area (Å²) in [6.45, 7) is 12.7. The van der Waals surface area contributed by atoms with Gasteiger partial charge in [-0.2, -0.15) is 4.98 Å². The van der Waals surface area contributed by atoms with Crippen molar-refractivity contribution in [2.75, 3.05) is 55.0 Å². The van der Waals surface area contributed by atoms with E-state index in [0.29, 0.717) is 50.2 Å². The maximum atomic E-state index is 14.7. The van der Waals surface area contributed by atoms with Crippen LogP contribution in [0.3, 0.4) is 0 Å². The molecule has 0 unspecified atom stereocenters. The Bertz CT molecular complexity index is 1900. The highest BCUT2D eigenvalue weighted by molar-refractivity contribution is 7.92. The third kappa shape index (κ3) is 6.67. The molecule has 0 spiro atoms. The average Bonchev–Trinajstić information content (AvgIpc) is 3.59. The van der Waals surface area contributed by atoms with E-state index in [1.165, 1.54) is 13.2 Å². The van der Waals surface area contributed by atoms with Gasteiger partial charge in [-0.05, 0) is 85.7 Å². The molecule has 4 fully saturated rings. The number of nitrogens with one attached hydrogen (secondary N) is 1. The van der Waals surface area contributed by atoms with Gasteiger partial charge in [-0.25, -0.2) is 22.8 Å². The fourth-order valence-corrected chi connectivity index (χ4v) is 11.1. The van der Waals surface area contributed by atoms with Gasteiger partial charge in [0.15, 0.2) is 9.84 Å². The first-order chi connectivity index (χ1) is 24.5. The largest absolute Gasteiger partial charge is 0.378 e. The van der Waals surface area contributed by atoms with Crippen LogP contribution in [0, 0.1) is 5.92 Å². The van der Waals surface area contributed by atoms with Crippen LogP contribution in [0.25, 0.3) is 10.8 Å². The first kappa shape index (κ1) is 35.6. The molecule has 4 saturated heterocycles. The van der Waals surface area contributed by atoms with Crippen LogP contribution in [-0.2, 0) is 19.4 Å². The molecule has 274 valence electrons. The predicted octanol–water partition coefficient (Wildman–Crippen LogP) is 6.10. The third-order valence-corrected chi connectivity index (χ3v) is 14.4. The number of anilines is 4. The zero-order valence-corrected chi connectivity index (χ0v) is 30.9. The van der Waals surface area contributed by atoms with Crippen molar-refractivity contribution in [2.24, 2.45) is 5.92 Å². The number of carbonyl (C=O) groups is 1. The lowest BCUT2D eigenvalue weighted by Crippen LogP contribution is -2.56. The quantitative estimate of drug-likeness (QED) is 0.260. The Morgan fingerprint density at radius 2 is 1.84 bits per heavy atom. The number of halogens is 1. The fraction of sp³-hybridized carbons (Fsp3) is 0.579. The van der Waals surface area contributed by atoms with Crippen LogP contribution >= 0.6 is 0 Å². The molecule has 13 heteroatoms. The number of benzene rings is 1. The summed E-state index contributed by atoms with van der Waals surface area (Å²) in [6.07, 6.45) is 8.13. The second kappa shape index (κ2) is 14.3. The average molecular weight is 720 g/mol. The molecular weight excluding hydrogens is 670 g/mol. The molecule has 7 rings (SSSR count). The molecule has 3 aromatic rings. The topological polar surface area (TPSA) is 121 Å². The van der Waals surface area contributed by atoms with E-state index in [0.717, 1.165) is 59.7 Å². The van der Waals surface area contributed by atoms with Crippen molar-refractivity contribution in [3.8, 4) is 0 Å². The minimum atomic E-state index is -3.16. The van der Waals surface area contributed by atoms with E-state index in [9.17, 15) is 17.6 Å². The molecule has 4 aliphatic heterocycles. The number of amides is 1. The second-order valence-electron chi connectivity index (χ2n) is 15.0. The number of hydrogen-bond acceptors (Lipinski definition) is 10. The number of aromatic nitrogens is 3. The molecule has 0 aliphatic carbocycles. The number of carbonyl (C=O) groups excluding carboxylic acids is 1. The van der Waals surface area contributed by atoms with E-state index >= 15 is 0 Å². The van der Waals surface area contributed by atoms with Crippen molar-refractivity contribution < 1.29 is 22.3 Å². The summed E-state index contributed by atoms with van der Waals surface area (Å²) in [5.41, 5.74) is 3.29. The molecule has 4 aliphatic rings. The standard InChI is InChI=1S/C38H50FN7O4S/c1-6-36(47)46-15-8-10-30(46)27-17-31(45-20-25(21-45)33-11-7-9-24(4)51(33,48)49)28-19-41-35(18-26(28)37(27)23(2)3)42-34-12-14-40-38(43-34)44-16-13-32(50-5)29(39)22-44/h6,12,14,17-19,23-25,29-30,32-33H,1,7-11,13,15-16,20-22H2,2-5H3,(H,40,41,42,43)/t24-,29+,30-,32-,33-/m1/s1. The summed E-state index contributed by atoms with van der Waals surface area (Å²) >= 11 is 0. The number of fused-ring (bicyclic) bond motifs is 1. The predicted molar refractivity (Wildman–Crippen MR) is 199 cm³/mol. The van der Waals surface area contributed by atoms with Crippen molar-refractivity contribution in [3.63, 3.8) is 0 Å². The molecule has 0 bridgehead atoms. The van der Waals surface area contributed by atoms with E-state index in [2.05, 4.69) is 47.8 Å². The number of nitrogens with zero attached hydrogens (tertiary/aromatic N) is 6. The van der Waals surface area contributed by atoms with Gasteiger partial charge >= 0.3 is 0 Å². The van der Waals surface area contributed by atoms with Crippen molar-refractivity contribution in [3.05, 3.63) is 54.4 Å². The lowest BCUT2D eigenvalue weighted by Gasteiger charge is -2.47. The zero-order chi connectivity index (χ0) is 36.0. The van der Waals surface area contributed by atoms with Gasteiger partial charge in [0, 0.05) is 62.7 Å². The monoisotopic (exact) mass is 719 g/mol. The number of ether oxygens (including phenoxy) is 1. The maximum Gasteiger partial charge on any atom is 0.246 e. The van der Waals surface area contributed by atoms with Gasteiger partial charge in [0.1, 0.15) is 17.8 Å². The minimum absolute atomic E-state index is 0.0725.